The van der Waals surface area contributed by atoms with Gasteiger partial charge in [0.1, 0.15) is 0 Å². The number of nitrogens with zero attached hydrogens (tertiary/aromatic N) is 4. The van der Waals surface area contributed by atoms with Crippen molar-refractivity contribution in [1.29, 1.82) is 0 Å². The minimum Gasteiger partial charge on any atom is -0.355 e. The van der Waals surface area contributed by atoms with Crippen LogP contribution in [0, 0.1) is 0 Å². The molecule has 0 aromatic carbocycles. The third-order valence-corrected chi connectivity index (χ3v) is 4.72. The van der Waals surface area contributed by atoms with Gasteiger partial charge in [-0.3, -0.25) is 4.99 Å². The van der Waals surface area contributed by atoms with Crippen LogP contribution in [0.15, 0.2) is 41.8 Å². The fraction of sp³-hybridized carbons (Fsp3) is 0.438. The second kappa shape index (κ2) is 8.01. The molecule has 0 unspecified atom stereocenters. The van der Waals surface area contributed by atoms with Gasteiger partial charge in [-0.15, -0.1) is 0 Å². The summed E-state index contributed by atoms with van der Waals surface area (Å²) in [5.41, 5.74) is 1.12. The van der Waals surface area contributed by atoms with Crippen molar-refractivity contribution < 1.29 is 0 Å². The maximum absolute atomic E-state index is 4.33. The van der Waals surface area contributed by atoms with E-state index >= 15 is 0 Å². The van der Waals surface area contributed by atoms with Crippen molar-refractivity contribution in [3.05, 3.63) is 42.4 Å². The molecule has 6 nitrogen and oxygen atoms in total. The monoisotopic (exact) mass is 332 g/mol. The van der Waals surface area contributed by atoms with E-state index in [1.807, 2.05) is 36.2 Å². The van der Waals surface area contributed by atoms with Gasteiger partial charge in [-0.2, -0.15) is 16.9 Å². The quantitative estimate of drug-likeness (QED) is 0.626. The van der Waals surface area contributed by atoms with E-state index in [0.29, 0.717) is 6.54 Å². The van der Waals surface area contributed by atoms with Gasteiger partial charge >= 0.3 is 0 Å². The van der Waals surface area contributed by atoms with E-state index in [1.165, 1.54) is 0 Å². The van der Waals surface area contributed by atoms with E-state index in [0.717, 1.165) is 23.9 Å². The second-order valence-electron chi connectivity index (χ2n) is 5.72. The highest BCUT2D eigenvalue weighted by molar-refractivity contribution is 7.99. The normalized spacial score (nSPS) is 12.3. The van der Waals surface area contributed by atoms with Crippen LogP contribution in [0.5, 0.6) is 0 Å². The molecule has 0 atom stereocenters. The van der Waals surface area contributed by atoms with Gasteiger partial charge in [-0.05, 0) is 43.9 Å². The number of rotatable bonds is 6. The number of pyridine rings is 1. The van der Waals surface area contributed by atoms with Crippen molar-refractivity contribution in [1.82, 2.24) is 25.4 Å². The smallest absolute Gasteiger partial charge is 0.191 e. The summed E-state index contributed by atoms with van der Waals surface area (Å²) in [4.78, 5) is 8.60. The Labute approximate surface area is 141 Å². The Kier molecular flexibility index (Phi) is 6.04. The predicted octanol–water partition coefficient (Wildman–Crippen LogP) is 2.07. The lowest BCUT2D eigenvalue weighted by molar-refractivity contribution is 0.664. The van der Waals surface area contributed by atoms with Gasteiger partial charge in [0.05, 0.1) is 0 Å². The number of nitrogens with one attached hydrogen (secondary N) is 2. The van der Waals surface area contributed by atoms with Crippen LogP contribution in [-0.2, 0) is 6.54 Å². The van der Waals surface area contributed by atoms with Crippen LogP contribution in [0.4, 0.5) is 0 Å². The summed E-state index contributed by atoms with van der Waals surface area (Å²) in [6.07, 6.45) is 7.53. The molecule has 0 bridgehead atoms. The summed E-state index contributed by atoms with van der Waals surface area (Å²) in [7, 11) is 1.78. The number of hydrogen-bond donors (Lipinski definition) is 2. The molecule has 0 saturated heterocycles. The molecule has 2 rings (SSSR count). The van der Waals surface area contributed by atoms with E-state index in [-0.39, 0.29) is 4.75 Å². The van der Waals surface area contributed by atoms with Crippen LogP contribution in [0.3, 0.4) is 0 Å². The summed E-state index contributed by atoms with van der Waals surface area (Å²) < 4.78 is 1.92. The number of hydrogen-bond acceptors (Lipinski definition) is 4. The highest BCUT2D eigenvalue weighted by Gasteiger charge is 2.16. The molecule has 0 radical (unpaired) electrons. The Hall–Kier alpha value is -2.02. The largest absolute Gasteiger partial charge is 0.355 e. The zero-order valence-corrected chi connectivity index (χ0v) is 14.9. The van der Waals surface area contributed by atoms with Gasteiger partial charge in [-0.25, -0.2) is 9.67 Å². The van der Waals surface area contributed by atoms with Crippen molar-refractivity contribution in [2.24, 2.45) is 4.99 Å². The molecule has 0 fully saturated rings. The molecular formula is C16H24N6S. The number of aliphatic imine (C=N–C) groups is 1. The fourth-order valence-corrected chi connectivity index (χ4v) is 2.09. The molecule has 2 heterocycles. The highest BCUT2D eigenvalue weighted by atomic mass is 32.2. The summed E-state index contributed by atoms with van der Waals surface area (Å²) in [6.45, 7) is 5.94. The Balaban J connectivity index is 1.93. The van der Waals surface area contributed by atoms with Crippen molar-refractivity contribution in [3.63, 3.8) is 0 Å². The van der Waals surface area contributed by atoms with Gasteiger partial charge in [0.2, 0.25) is 0 Å². The van der Waals surface area contributed by atoms with Gasteiger partial charge in [-0.1, -0.05) is 0 Å². The summed E-state index contributed by atoms with van der Waals surface area (Å²) in [5.74, 6) is 1.60. The minimum atomic E-state index is 0.168. The maximum Gasteiger partial charge on any atom is 0.191 e. The molecule has 0 saturated carbocycles. The lowest BCUT2D eigenvalue weighted by Gasteiger charge is -2.23. The molecule has 0 aliphatic carbocycles. The van der Waals surface area contributed by atoms with E-state index in [1.54, 1.807) is 24.1 Å². The van der Waals surface area contributed by atoms with Gasteiger partial charge < -0.3 is 10.6 Å². The number of thioether (sulfide) groups is 1. The van der Waals surface area contributed by atoms with Crippen molar-refractivity contribution in [3.8, 4) is 5.82 Å². The topological polar surface area (TPSA) is 67.1 Å². The fourth-order valence-electron chi connectivity index (χ4n) is 1.88. The molecular weight excluding hydrogens is 308 g/mol. The van der Waals surface area contributed by atoms with E-state index < -0.39 is 0 Å². The molecule has 7 heteroatoms. The zero-order valence-electron chi connectivity index (χ0n) is 14.1. The molecule has 0 amide bonds. The average molecular weight is 332 g/mol. The Bertz CT molecular complexity index is 636. The minimum absolute atomic E-state index is 0.168. The lowest BCUT2D eigenvalue weighted by atomic mass is 10.2. The Morgan fingerprint density at radius 2 is 2.17 bits per heavy atom. The Morgan fingerprint density at radius 3 is 2.83 bits per heavy atom. The van der Waals surface area contributed by atoms with Crippen LogP contribution in [0.2, 0.25) is 0 Å². The zero-order chi connectivity index (χ0) is 16.7. The first-order chi connectivity index (χ1) is 11.0. The Morgan fingerprint density at radius 1 is 1.35 bits per heavy atom. The van der Waals surface area contributed by atoms with Crippen molar-refractivity contribution >= 4 is 17.7 Å². The summed E-state index contributed by atoms with van der Waals surface area (Å²) >= 11 is 1.83. The molecule has 124 valence electrons. The van der Waals surface area contributed by atoms with E-state index in [9.17, 15) is 0 Å². The molecule has 0 aliphatic rings. The predicted molar refractivity (Wildman–Crippen MR) is 97.2 cm³/mol. The van der Waals surface area contributed by atoms with Crippen molar-refractivity contribution in [2.75, 3.05) is 19.8 Å². The molecule has 0 spiro atoms. The van der Waals surface area contributed by atoms with E-state index in [4.69, 9.17) is 0 Å². The third kappa shape index (κ3) is 5.28. The van der Waals surface area contributed by atoms with Gasteiger partial charge in [0.25, 0.3) is 0 Å². The SMILES string of the molecule is CN=C(NCc1ccnc(-n2cccn2)c1)NCC(C)(C)SC. The van der Waals surface area contributed by atoms with Gasteiger partial charge in [0, 0.05) is 43.5 Å². The van der Waals surface area contributed by atoms with Crippen LogP contribution in [0.1, 0.15) is 19.4 Å². The molecule has 2 aromatic rings. The first-order valence-electron chi connectivity index (χ1n) is 7.49. The third-order valence-electron chi connectivity index (χ3n) is 3.47. The molecule has 2 N–H and O–H groups in total. The highest BCUT2D eigenvalue weighted by Crippen LogP contribution is 2.19. The second-order valence-corrected chi connectivity index (χ2v) is 7.23. The standard InChI is InChI=1S/C16H24N6S/c1-16(2,23-4)12-20-15(17-3)19-11-13-6-8-18-14(10-13)22-9-5-7-21-22/h5-10H,11-12H2,1-4H3,(H2,17,19,20). The molecule has 23 heavy (non-hydrogen) atoms. The first kappa shape index (κ1) is 17.3. The van der Waals surface area contributed by atoms with Crippen LogP contribution in [-0.4, -0.2) is 45.3 Å². The average Bonchev–Trinajstić information content (AvgIpc) is 3.10. The summed E-state index contributed by atoms with van der Waals surface area (Å²) in [6, 6.07) is 5.88. The van der Waals surface area contributed by atoms with Crippen molar-refractivity contribution in [2.45, 2.75) is 25.1 Å². The summed E-state index contributed by atoms with van der Waals surface area (Å²) in [5, 5.41) is 10.9. The van der Waals surface area contributed by atoms with Crippen LogP contribution < -0.4 is 10.6 Å². The lowest BCUT2D eigenvalue weighted by Crippen LogP contribution is -2.43. The molecule has 2 aromatic heterocycles. The maximum atomic E-state index is 4.33. The number of aromatic nitrogens is 3. The molecule has 0 aliphatic heterocycles. The van der Waals surface area contributed by atoms with Crippen LogP contribution >= 0.6 is 11.8 Å². The van der Waals surface area contributed by atoms with E-state index in [2.05, 4.69) is 45.8 Å². The number of guanidine groups is 1. The van der Waals surface area contributed by atoms with Crippen LogP contribution in [0.25, 0.3) is 5.82 Å². The van der Waals surface area contributed by atoms with Gasteiger partial charge in [0.15, 0.2) is 11.8 Å². The first-order valence-corrected chi connectivity index (χ1v) is 8.71.